The summed E-state index contributed by atoms with van der Waals surface area (Å²) in [6, 6.07) is 9.75. The Bertz CT molecular complexity index is 545. The monoisotopic (exact) mass is 284 g/mol. The lowest BCUT2D eigenvalue weighted by Gasteiger charge is -2.13. The van der Waals surface area contributed by atoms with Crippen molar-refractivity contribution in [3.8, 4) is 0 Å². The molecule has 0 saturated carbocycles. The fourth-order valence-corrected chi connectivity index (χ4v) is 2.30. The summed E-state index contributed by atoms with van der Waals surface area (Å²) in [6.07, 6.45) is 8.76. The fraction of sp³-hybridized carbons (Fsp3) is 0.471. The standard InChI is InChI=1S/C17H24N4/c1-3-5-9-15(4-2)13-21-14-17(12-18-21)20-19-16-10-7-6-8-11-16/h6-8,10-12,14-15H,3-5,9,13H2,1-2H3. The first-order valence-electron chi connectivity index (χ1n) is 7.81. The third kappa shape index (κ3) is 5.14. The highest BCUT2D eigenvalue weighted by Gasteiger charge is 2.07. The molecule has 1 unspecified atom stereocenters. The Hall–Kier alpha value is -1.97. The summed E-state index contributed by atoms with van der Waals surface area (Å²) in [7, 11) is 0. The first-order valence-corrected chi connectivity index (χ1v) is 7.81. The number of nitrogens with zero attached hydrogens (tertiary/aromatic N) is 4. The predicted octanol–water partition coefficient (Wildman–Crippen LogP) is 5.51. The fourth-order valence-electron chi connectivity index (χ4n) is 2.30. The summed E-state index contributed by atoms with van der Waals surface area (Å²) in [5.74, 6) is 0.698. The topological polar surface area (TPSA) is 42.5 Å². The van der Waals surface area contributed by atoms with Crippen LogP contribution in [0.25, 0.3) is 0 Å². The van der Waals surface area contributed by atoms with Crippen LogP contribution in [-0.4, -0.2) is 9.78 Å². The normalized spacial score (nSPS) is 12.9. The molecule has 0 radical (unpaired) electrons. The van der Waals surface area contributed by atoms with Crippen LogP contribution in [0.2, 0.25) is 0 Å². The minimum Gasteiger partial charge on any atom is -0.270 e. The van der Waals surface area contributed by atoms with Gasteiger partial charge in [-0.1, -0.05) is 51.3 Å². The number of rotatable bonds is 8. The number of aromatic nitrogens is 2. The van der Waals surface area contributed by atoms with Crippen molar-refractivity contribution in [2.75, 3.05) is 0 Å². The van der Waals surface area contributed by atoms with Crippen LogP contribution in [0.3, 0.4) is 0 Å². The Morgan fingerprint density at radius 3 is 2.57 bits per heavy atom. The van der Waals surface area contributed by atoms with Crippen LogP contribution in [0.5, 0.6) is 0 Å². The highest BCUT2D eigenvalue weighted by molar-refractivity contribution is 5.37. The zero-order valence-corrected chi connectivity index (χ0v) is 12.9. The molecule has 1 atom stereocenters. The summed E-state index contributed by atoms with van der Waals surface area (Å²) >= 11 is 0. The number of hydrogen-bond acceptors (Lipinski definition) is 3. The highest BCUT2D eigenvalue weighted by Crippen LogP contribution is 2.19. The molecule has 0 bridgehead atoms. The molecule has 0 amide bonds. The van der Waals surface area contributed by atoms with Crippen molar-refractivity contribution in [1.82, 2.24) is 9.78 Å². The second-order valence-electron chi connectivity index (χ2n) is 5.37. The van der Waals surface area contributed by atoms with E-state index in [1.54, 1.807) is 6.20 Å². The number of unbranched alkanes of at least 4 members (excludes halogenated alkanes) is 1. The van der Waals surface area contributed by atoms with Gasteiger partial charge in [0.2, 0.25) is 0 Å². The molecule has 0 spiro atoms. The minimum atomic E-state index is 0.698. The maximum Gasteiger partial charge on any atom is 0.124 e. The maximum absolute atomic E-state index is 4.39. The lowest BCUT2D eigenvalue weighted by molar-refractivity contribution is 0.372. The van der Waals surface area contributed by atoms with Crippen molar-refractivity contribution < 1.29 is 0 Å². The summed E-state index contributed by atoms with van der Waals surface area (Å²) in [6.45, 7) is 5.46. The van der Waals surface area contributed by atoms with Gasteiger partial charge in [0, 0.05) is 6.54 Å². The van der Waals surface area contributed by atoms with E-state index in [2.05, 4.69) is 29.2 Å². The van der Waals surface area contributed by atoms with E-state index in [9.17, 15) is 0 Å². The lowest BCUT2D eigenvalue weighted by Crippen LogP contribution is -2.10. The van der Waals surface area contributed by atoms with Crippen LogP contribution in [-0.2, 0) is 6.54 Å². The summed E-state index contributed by atoms with van der Waals surface area (Å²) in [5, 5.41) is 12.8. The van der Waals surface area contributed by atoms with Crippen molar-refractivity contribution in [2.45, 2.75) is 46.1 Å². The van der Waals surface area contributed by atoms with Gasteiger partial charge in [-0.05, 0) is 24.5 Å². The average Bonchev–Trinajstić information content (AvgIpc) is 2.98. The molecule has 2 aromatic rings. The predicted molar refractivity (Wildman–Crippen MR) is 86.2 cm³/mol. The van der Waals surface area contributed by atoms with Crippen LogP contribution < -0.4 is 0 Å². The third-order valence-electron chi connectivity index (χ3n) is 3.65. The number of hydrogen-bond donors (Lipinski definition) is 0. The van der Waals surface area contributed by atoms with Crippen molar-refractivity contribution in [1.29, 1.82) is 0 Å². The Morgan fingerprint density at radius 2 is 1.86 bits per heavy atom. The second kappa shape index (κ2) is 8.35. The van der Waals surface area contributed by atoms with Gasteiger partial charge in [0.1, 0.15) is 5.69 Å². The smallest absolute Gasteiger partial charge is 0.124 e. The summed E-state index contributed by atoms with van der Waals surface area (Å²) < 4.78 is 1.99. The van der Waals surface area contributed by atoms with E-state index < -0.39 is 0 Å². The minimum absolute atomic E-state index is 0.698. The van der Waals surface area contributed by atoms with Gasteiger partial charge >= 0.3 is 0 Å². The molecule has 0 saturated heterocycles. The highest BCUT2D eigenvalue weighted by atomic mass is 15.3. The van der Waals surface area contributed by atoms with E-state index in [0.29, 0.717) is 5.92 Å². The van der Waals surface area contributed by atoms with E-state index in [0.717, 1.165) is 17.9 Å². The first kappa shape index (κ1) is 15.4. The van der Waals surface area contributed by atoms with Crippen molar-refractivity contribution >= 4 is 11.4 Å². The van der Waals surface area contributed by atoms with E-state index in [1.807, 2.05) is 41.2 Å². The van der Waals surface area contributed by atoms with Crippen LogP contribution in [0, 0.1) is 5.92 Å². The molecular formula is C17H24N4. The van der Waals surface area contributed by atoms with E-state index in [4.69, 9.17) is 0 Å². The van der Waals surface area contributed by atoms with Gasteiger partial charge in [0.05, 0.1) is 18.1 Å². The Kier molecular flexibility index (Phi) is 6.13. The molecule has 21 heavy (non-hydrogen) atoms. The van der Waals surface area contributed by atoms with Gasteiger partial charge < -0.3 is 0 Å². The molecule has 0 aliphatic rings. The molecule has 1 heterocycles. The van der Waals surface area contributed by atoms with Crippen LogP contribution in [0.1, 0.15) is 39.5 Å². The largest absolute Gasteiger partial charge is 0.270 e. The zero-order chi connectivity index (χ0) is 14.9. The quantitative estimate of drug-likeness (QED) is 0.589. The molecule has 112 valence electrons. The zero-order valence-electron chi connectivity index (χ0n) is 12.9. The Labute approximate surface area is 126 Å². The van der Waals surface area contributed by atoms with Gasteiger partial charge in [-0.15, -0.1) is 5.11 Å². The van der Waals surface area contributed by atoms with Crippen LogP contribution in [0.4, 0.5) is 11.4 Å². The molecule has 4 heteroatoms. The van der Waals surface area contributed by atoms with Crippen molar-refractivity contribution in [2.24, 2.45) is 16.1 Å². The van der Waals surface area contributed by atoms with Crippen LogP contribution in [0.15, 0.2) is 53.0 Å². The molecule has 1 aromatic carbocycles. The van der Waals surface area contributed by atoms with E-state index in [1.165, 1.54) is 25.7 Å². The van der Waals surface area contributed by atoms with Gasteiger partial charge in [-0.3, -0.25) is 4.68 Å². The summed E-state index contributed by atoms with van der Waals surface area (Å²) in [4.78, 5) is 0. The van der Waals surface area contributed by atoms with E-state index in [-0.39, 0.29) is 0 Å². The molecule has 0 N–H and O–H groups in total. The van der Waals surface area contributed by atoms with Gasteiger partial charge in [-0.25, -0.2) is 0 Å². The molecule has 0 aliphatic heterocycles. The van der Waals surface area contributed by atoms with E-state index >= 15 is 0 Å². The molecule has 0 fully saturated rings. The van der Waals surface area contributed by atoms with Crippen LogP contribution >= 0.6 is 0 Å². The van der Waals surface area contributed by atoms with Gasteiger partial charge in [0.25, 0.3) is 0 Å². The molecule has 4 nitrogen and oxygen atoms in total. The Balaban J connectivity index is 1.93. The molecular weight excluding hydrogens is 260 g/mol. The first-order chi connectivity index (χ1) is 10.3. The van der Waals surface area contributed by atoms with Crippen molar-refractivity contribution in [3.05, 3.63) is 42.7 Å². The maximum atomic E-state index is 4.39. The van der Waals surface area contributed by atoms with Crippen molar-refractivity contribution in [3.63, 3.8) is 0 Å². The SMILES string of the molecule is CCCCC(CC)Cn1cc(N=Nc2ccccc2)cn1. The number of benzene rings is 1. The average molecular weight is 284 g/mol. The number of azo groups is 1. The molecule has 0 aliphatic carbocycles. The van der Waals surface area contributed by atoms with Gasteiger partial charge in [-0.2, -0.15) is 10.2 Å². The lowest BCUT2D eigenvalue weighted by atomic mass is 10.00. The summed E-state index contributed by atoms with van der Waals surface area (Å²) in [5.41, 5.74) is 1.67. The molecule has 2 rings (SSSR count). The third-order valence-corrected chi connectivity index (χ3v) is 3.65. The second-order valence-corrected chi connectivity index (χ2v) is 5.37. The molecule has 1 aromatic heterocycles. The Morgan fingerprint density at radius 1 is 1.10 bits per heavy atom. The van der Waals surface area contributed by atoms with Gasteiger partial charge in [0.15, 0.2) is 0 Å².